The van der Waals surface area contributed by atoms with Crippen molar-refractivity contribution in [2.24, 2.45) is 0 Å². The maximum atomic E-state index is 10.8. The normalized spacial score (nSPS) is 11.3. The molecule has 0 bridgehead atoms. The number of carboxylic acids is 1. The topological polar surface area (TPSA) is 54.6 Å². The number of imidazole rings is 1. The second-order valence-corrected chi connectivity index (χ2v) is 4.89. The number of rotatable bonds is 3. The largest absolute Gasteiger partial charge is 0.478 e. The van der Waals surface area contributed by atoms with Gasteiger partial charge in [0.1, 0.15) is 5.65 Å². The van der Waals surface area contributed by atoms with Crippen LogP contribution in [-0.2, 0) is 4.79 Å². The van der Waals surface area contributed by atoms with Crippen LogP contribution < -0.4 is 0 Å². The molecule has 2 aromatic heterocycles. The highest BCUT2D eigenvalue weighted by molar-refractivity contribution is 6.30. The van der Waals surface area contributed by atoms with Crippen molar-refractivity contribution in [3.63, 3.8) is 0 Å². The molecule has 0 aliphatic heterocycles. The molecule has 3 rings (SSSR count). The lowest BCUT2D eigenvalue weighted by atomic mass is 10.1. The molecule has 104 valence electrons. The van der Waals surface area contributed by atoms with Gasteiger partial charge in [-0.1, -0.05) is 29.8 Å². The number of carboxylic acid groups (broad SMARTS) is 1. The molecule has 4 nitrogen and oxygen atoms in total. The summed E-state index contributed by atoms with van der Waals surface area (Å²) >= 11 is 5.90. The van der Waals surface area contributed by atoms with E-state index < -0.39 is 5.97 Å². The van der Waals surface area contributed by atoms with Gasteiger partial charge in [-0.3, -0.25) is 4.40 Å². The van der Waals surface area contributed by atoms with E-state index in [9.17, 15) is 4.79 Å². The molecular weight excluding hydrogens is 288 g/mol. The number of halogens is 1. The highest BCUT2D eigenvalue weighted by Gasteiger charge is 2.11. The highest BCUT2D eigenvalue weighted by Crippen LogP contribution is 2.26. The van der Waals surface area contributed by atoms with Crippen molar-refractivity contribution in [3.8, 4) is 11.3 Å². The minimum Gasteiger partial charge on any atom is -0.478 e. The Morgan fingerprint density at radius 3 is 2.67 bits per heavy atom. The molecule has 3 aromatic rings. The molecule has 0 fully saturated rings. The van der Waals surface area contributed by atoms with Gasteiger partial charge in [0.05, 0.1) is 11.4 Å². The van der Waals surface area contributed by atoms with Gasteiger partial charge < -0.3 is 5.11 Å². The number of pyridine rings is 1. The SMILES string of the molecule is O=C(O)/C=C/c1c(-c2ccc(Cl)cc2)nc2ccccn12. The molecule has 0 atom stereocenters. The van der Waals surface area contributed by atoms with Crippen LogP contribution in [0.15, 0.2) is 54.7 Å². The Labute approximate surface area is 125 Å². The van der Waals surface area contributed by atoms with E-state index in [1.807, 2.05) is 40.9 Å². The van der Waals surface area contributed by atoms with Crippen LogP contribution in [0, 0.1) is 0 Å². The van der Waals surface area contributed by atoms with E-state index in [4.69, 9.17) is 16.7 Å². The third-order valence-electron chi connectivity index (χ3n) is 3.07. The second-order valence-electron chi connectivity index (χ2n) is 4.45. The monoisotopic (exact) mass is 298 g/mol. The maximum absolute atomic E-state index is 10.8. The Bertz CT molecular complexity index is 835. The summed E-state index contributed by atoms with van der Waals surface area (Å²) in [5.74, 6) is -0.997. The first-order valence-corrected chi connectivity index (χ1v) is 6.67. The summed E-state index contributed by atoms with van der Waals surface area (Å²) in [6.45, 7) is 0. The summed E-state index contributed by atoms with van der Waals surface area (Å²) in [7, 11) is 0. The summed E-state index contributed by atoms with van der Waals surface area (Å²) in [4.78, 5) is 15.4. The Morgan fingerprint density at radius 1 is 1.19 bits per heavy atom. The summed E-state index contributed by atoms with van der Waals surface area (Å²) < 4.78 is 1.85. The number of hydrogen-bond acceptors (Lipinski definition) is 2. The molecule has 1 N–H and O–H groups in total. The van der Waals surface area contributed by atoms with Crippen LogP contribution in [0.2, 0.25) is 5.02 Å². The fraction of sp³-hybridized carbons (Fsp3) is 0. The molecule has 0 aliphatic rings. The number of benzene rings is 1. The van der Waals surface area contributed by atoms with Gasteiger partial charge in [0, 0.05) is 22.9 Å². The molecule has 1 aromatic carbocycles. The second kappa shape index (κ2) is 5.42. The molecule has 5 heteroatoms. The fourth-order valence-electron chi connectivity index (χ4n) is 2.14. The van der Waals surface area contributed by atoms with E-state index in [0.29, 0.717) is 5.02 Å². The number of aliphatic carboxylic acids is 1. The zero-order chi connectivity index (χ0) is 14.8. The van der Waals surface area contributed by atoms with Crippen molar-refractivity contribution in [2.45, 2.75) is 0 Å². The lowest BCUT2D eigenvalue weighted by molar-refractivity contribution is -0.131. The van der Waals surface area contributed by atoms with E-state index in [1.165, 1.54) is 0 Å². The summed E-state index contributed by atoms with van der Waals surface area (Å²) in [5, 5.41) is 9.49. The standard InChI is InChI=1S/C16H11ClN2O2/c17-12-6-4-11(5-7-12)16-13(8-9-15(20)21)19-10-2-1-3-14(19)18-16/h1-10H,(H,20,21)/b9-8+. The lowest BCUT2D eigenvalue weighted by Crippen LogP contribution is -1.90. The third-order valence-corrected chi connectivity index (χ3v) is 3.32. The molecule has 0 amide bonds. The molecule has 0 radical (unpaired) electrons. The van der Waals surface area contributed by atoms with Crippen LogP contribution in [0.4, 0.5) is 0 Å². The van der Waals surface area contributed by atoms with Crippen LogP contribution in [0.5, 0.6) is 0 Å². The summed E-state index contributed by atoms with van der Waals surface area (Å²) in [5.41, 5.74) is 3.08. The first-order valence-electron chi connectivity index (χ1n) is 6.29. The van der Waals surface area contributed by atoms with Gasteiger partial charge in [-0.05, 0) is 30.3 Å². The van der Waals surface area contributed by atoms with E-state index in [1.54, 1.807) is 18.2 Å². The molecular formula is C16H11ClN2O2. The molecule has 0 unspecified atom stereocenters. The first kappa shape index (κ1) is 13.4. The Kier molecular flexibility index (Phi) is 3.46. The minimum atomic E-state index is -0.997. The Hall–Kier alpha value is -2.59. The third kappa shape index (κ3) is 2.66. The number of fused-ring (bicyclic) bond motifs is 1. The van der Waals surface area contributed by atoms with E-state index in [2.05, 4.69) is 4.98 Å². The number of carbonyl (C=O) groups is 1. The number of aromatic nitrogens is 2. The van der Waals surface area contributed by atoms with E-state index in [-0.39, 0.29) is 0 Å². The average Bonchev–Trinajstić information content (AvgIpc) is 2.84. The van der Waals surface area contributed by atoms with Crippen molar-refractivity contribution in [1.82, 2.24) is 9.38 Å². The maximum Gasteiger partial charge on any atom is 0.328 e. The molecule has 0 aliphatic carbocycles. The van der Waals surface area contributed by atoms with Gasteiger partial charge in [-0.2, -0.15) is 0 Å². The van der Waals surface area contributed by atoms with Crippen molar-refractivity contribution >= 4 is 29.3 Å². The zero-order valence-corrected chi connectivity index (χ0v) is 11.7. The molecule has 0 spiro atoms. The van der Waals surface area contributed by atoms with Gasteiger partial charge in [0.2, 0.25) is 0 Å². The summed E-state index contributed by atoms with van der Waals surface area (Å²) in [6, 6.07) is 12.9. The van der Waals surface area contributed by atoms with Crippen LogP contribution >= 0.6 is 11.6 Å². The highest BCUT2D eigenvalue weighted by atomic mass is 35.5. The van der Waals surface area contributed by atoms with E-state index in [0.717, 1.165) is 28.7 Å². The predicted molar refractivity (Wildman–Crippen MR) is 82.3 cm³/mol. The summed E-state index contributed by atoms with van der Waals surface area (Å²) in [6.07, 6.45) is 4.51. The van der Waals surface area contributed by atoms with Gasteiger partial charge in [-0.25, -0.2) is 9.78 Å². The van der Waals surface area contributed by atoms with Crippen LogP contribution in [-0.4, -0.2) is 20.5 Å². The minimum absolute atomic E-state index is 0.644. The number of nitrogens with zero attached hydrogens (tertiary/aromatic N) is 2. The average molecular weight is 299 g/mol. The number of hydrogen-bond donors (Lipinski definition) is 1. The fourth-order valence-corrected chi connectivity index (χ4v) is 2.27. The first-order chi connectivity index (χ1) is 10.1. The molecule has 0 saturated carbocycles. The molecule has 2 heterocycles. The van der Waals surface area contributed by atoms with Crippen molar-refractivity contribution in [3.05, 3.63) is 65.5 Å². The smallest absolute Gasteiger partial charge is 0.328 e. The van der Waals surface area contributed by atoms with Gasteiger partial charge >= 0.3 is 5.97 Å². The van der Waals surface area contributed by atoms with Gasteiger partial charge in [0.15, 0.2) is 0 Å². The van der Waals surface area contributed by atoms with Crippen LogP contribution in [0.1, 0.15) is 5.69 Å². The van der Waals surface area contributed by atoms with Gasteiger partial charge in [0.25, 0.3) is 0 Å². The van der Waals surface area contributed by atoms with E-state index >= 15 is 0 Å². The Balaban J connectivity index is 2.23. The van der Waals surface area contributed by atoms with Crippen LogP contribution in [0.25, 0.3) is 23.0 Å². The van der Waals surface area contributed by atoms with Crippen molar-refractivity contribution < 1.29 is 9.90 Å². The van der Waals surface area contributed by atoms with Crippen molar-refractivity contribution in [2.75, 3.05) is 0 Å². The quantitative estimate of drug-likeness (QED) is 0.749. The predicted octanol–water partition coefficient (Wildman–Crippen LogP) is 3.75. The van der Waals surface area contributed by atoms with Crippen molar-refractivity contribution in [1.29, 1.82) is 0 Å². The van der Waals surface area contributed by atoms with Gasteiger partial charge in [-0.15, -0.1) is 0 Å². The molecule has 0 saturated heterocycles. The Morgan fingerprint density at radius 2 is 1.95 bits per heavy atom. The molecule has 21 heavy (non-hydrogen) atoms. The zero-order valence-electron chi connectivity index (χ0n) is 10.9. The van der Waals surface area contributed by atoms with Crippen LogP contribution in [0.3, 0.4) is 0 Å². The lowest BCUT2D eigenvalue weighted by Gasteiger charge is -2.00.